The average molecular weight is 534 g/mol. The van der Waals surface area contributed by atoms with Crippen molar-refractivity contribution in [1.29, 1.82) is 0 Å². The topological polar surface area (TPSA) is 89.5 Å². The molecule has 0 spiro atoms. The van der Waals surface area contributed by atoms with Gasteiger partial charge in [-0.2, -0.15) is 0 Å². The summed E-state index contributed by atoms with van der Waals surface area (Å²) in [5.41, 5.74) is 4.98. The Kier molecular flexibility index (Phi) is 7.38. The summed E-state index contributed by atoms with van der Waals surface area (Å²) < 4.78 is 11.4. The van der Waals surface area contributed by atoms with Gasteiger partial charge in [0.1, 0.15) is 10.6 Å². The Labute approximate surface area is 228 Å². The highest BCUT2D eigenvalue weighted by atomic mass is 32.1. The monoisotopic (exact) mass is 533 g/mol. The Morgan fingerprint density at radius 2 is 2.03 bits per heavy atom. The molecular weight excluding hydrogens is 498 g/mol. The van der Waals surface area contributed by atoms with Crippen LogP contribution < -0.4 is 10.1 Å². The first-order valence-corrected chi connectivity index (χ1v) is 14.0. The summed E-state index contributed by atoms with van der Waals surface area (Å²) in [6.45, 7) is 11.0. The van der Waals surface area contributed by atoms with E-state index >= 15 is 0 Å². The third-order valence-electron chi connectivity index (χ3n) is 6.35. The summed E-state index contributed by atoms with van der Waals surface area (Å²) in [6.07, 6.45) is 4.79. The van der Waals surface area contributed by atoms with Gasteiger partial charge in [-0.15, -0.1) is 10.2 Å². The summed E-state index contributed by atoms with van der Waals surface area (Å²) in [7, 11) is 0. The lowest BCUT2D eigenvalue weighted by Gasteiger charge is -2.34. The van der Waals surface area contributed by atoms with Crippen LogP contribution in [0.3, 0.4) is 0 Å². The number of anilines is 1. The standard InChI is InChI=1S/C29H35N5O3S/c1-18(2)36-25-10-6-9-24(31-25)22-14-13-19-11-12-20(16-23(19)22)26-32-33-27(38-26)30-21-8-7-15-34(17-21)28(35)37-29(3,4)5/h6,9-12,14,16,18,21H,7-8,13,15,17H2,1-5H3,(H,30,33)/t21-/m1/s1. The molecule has 1 fully saturated rings. The maximum Gasteiger partial charge on any atom is 0.410 e. The lowest BCUT2D eigenvalue weighted by molar-refractivity contribution is 0.0206. The quantitative estimate of drug-likeness (QED) is 0.404. The fraction of sp³-hybridized carbons (Fsp3) is 0.448. The molecule has 1 amide bonds. The van der Waals surface area contributed by atoms with Crippen LogP contribution in [0.15, 0.2) is 42.5 Å². The number of carbonyl (C=O) groups excluding carboxylic acids is 1. The van der Waals surface area contributed by atoms with Gasteiger partial charge in [0.15, 0.2) is 0 Å². The van der Waals surface area contributed by atoms with Crippen LogP contribution in [-0.2, 0) is 11.2 Å². The molecule has 9 heteroatoms. The lowest BCUT2D eigenvalue weighted by atomic mass is 10.0. The maximum absolute atomic E-state index is 12.5. The number of ether oxygens (including phenoxy) is 2. The predicted molar refractivity (Wildman–Crippen MR) is 151 cm³/mol. The van der Waals surface area contributed by atoms with Crippen LogP contribution in [0, 0.1) is 0 Å². The second-order valence-corrected chi connectivity index (χ2v) is 12.0. The Bertz CT molecular complexity index is 1340. The van der Waals surface area contributed by atoms with Gasteiger partial charge in [0, 0.05) is 36.3 Å². The molecule has 2 aliphatic rings. The van der Waals surface area contributed by atoms with Crippen molar-refractivity contribution in [1.82, 2.24) is 20.1 Å². The van der Waals surface area contributed by atoms with Gasteiger partial charge < -0.3 is 19.7 Å². The van der Waals surface area contributed by atoms with Crippen LogP contribution >= 0.6 is 11.3 Å². The van der Waals surface area contributed by atoms with E-state index in [1.807, 2.05) is 52.8 Å². The van der Waals surface area contributed by atoms with E-state index in [4.69, 9.17) is 14.5 Å². The minimum Gasteiger partial charge on any atom is -0.475 e. The molecule has 38 heavy (non-hydrogen) atoms. The molecule has 3 aromatic rings. The van der Waals surface area contributed by atoms with E-state index in [1.165, 1.54) is 22.5 Å². The first-order chi connectivity index (χ1) is 18.1. The fourth-order valence-corrected chi connectivity index (χ4v) is 5.55. The SMILES string of the molecule is CC(C)Oc1cccc(C2=CCc3ccc(-c4nnc(N[C@@H]5CCCN(C(=O)OC(C)(C)C)C5)s4)cc32)n1. The Morgan fingerprint density at radius 3 is 2.82 bits per heavy atom. The summed E-state index contributed by atoms with van der Waals surface area (Å²) in [6, 6.07) is 12.5. The van der Waals surface area contributed by atoms with Gasteiger partial charge in [-0.25, -0.2) is 9.78 Å². The molecule has 3 heterocycles. The van der Waals surface area contributed by atoms with E-state index in [0.717, 1.165) is 46.2 Å². The van der Waals surface area contributed by atoms with Crippen LogP contribution in [0.25, 0.3) is 16.1 Å². The minimum atomic E-state index is -0.503. The number of benzene rings is 1. The van der Waals surface area contributed by atoms with Crippen LogP contribution in [-0.4, -0.2) is 57.0 Å². The zero-order chi connectivity index (χ0) is 26.9. The highest BCUT2D eigenvalue weighted by Crippen LogP contribution is 2.37. The van der Waals surface area contributed by atoms with Gasteiger partial charge in [-0.05, 0) is 77.1 Å². The normalized spacial score (nSPS) is 17.3. The van der Waals surface area contributed by atoms with Gasteiger partial charge in [-0.1, -0.05) is 35.6 Å². The van der Waals surface area contributed by atoms with E-state index in [2.05, 4.69) is 39.8 Å². The van der Waals surface area contributed by atoms with Crippen molar-refractivity contribution in [2.24, 2.45) is 0 Å². The molecule has 0 unspecified atom stereocenters. The number of hydrogen-bond donors (Lipinski definition) is 1. The largest absolute Gasteiger partial charge is 0.475 e. The van der Waals surface area contributed by atoms with Crippen LogP contribution in [0.2, 0.25) is 0 Å². The van der Waals surface area contributed by atoms with Crippen molar-refractivity contribution in [2.45, 2.75) is 71.6 Å². The molecule has 2 aromatic heterocycles. The molecule has 0 radical (unpaired) electrons. The molecule has 1 aliphatic heterocycles. The number of nitrogens with zero attached hydrogens (tertiary/aromatic N) is 4. The van der Waals surface area contributed by atoms with Crippen LogP contribution in [0.4, 0.5) is 9.93 Å². The maximum atomic E-state index is 12.5. The Hall–Kier alpha value is -3.46. The molecule has 200 valence electrons. The van der Waals surface area contributed by atoms with Gasteiger partial charge in [-0.3, -0.25) is 0 Å². The first-order valence-electron chi connectivity index (χ1n) is 13.2. The molecule has 0 bridgehead atoms. The molecule has 1 aliphatic carbocycles. The molecular formula is C29H35N5O3S. The van der Waals surface area contributed by atoms with E-state index in [1.54, 1.807) is 4.90 Å². The number of allylic oxidation sites excluding steroid dienone is 1. The Balaban J connectivity index is 1.29. The zero-order valence-electron chi connectivity index (χ0n) is 22.7. The molecule has 0 saturated carbocycles. The molecule has 1 saturated heterocycles. The van der Waals surface area contributed by atoms with Crippen LogP contribution in [0.5, 0.6) is 5.88 Å². The number of amides is 1. The number of rotatable bonds is 6. The summed E-state index contributed by atoms with van der Waals surface area (Å²) in [5, 5.41) is 14.0. The number of likely N-dealkylation sites (tertiary alicyclic amines) is 1. The number of nitrogens with one attached hydrogen (secondary N) is 1. The second-order valence-electron chi connectivity index (χ2n) is 11.0. The van der Waals surface area contributed by atoms with Crippen molar-refractivity contribution < 1.29 is 14.3 Å². The van der Waals surface area contributed by atoms with Crippen molar-refractivity contribution >= 4 is 28.1 Å². The fourth-order valence-electron chi connectivity index (χ4n) is 4.73. The van der Waals surface area contributed by atoms with Gasteiger partial charge >= 0.3 is 6.09 Å². The molecule has 5 rings (SSSR count). The average Bonchev–Trinajstić information content (AvgIpc) is 3.50. The summed E-state index contributed by atoms with van der Waals surface area (Å²) >= 11 is 1.53. The lowest BCUT2D eigenvalue weighted by Crippen LogP contribution is -2.46. The smallest absolute Gasteiger partial charge is 0.410 e. The molecule has 1 N–H and O–H groups in total. The highest BCUT2D eigenvalue weighted by Gasteiger charge is 2.28. The highest BCUT2D eigenvalue weighted by molar-refractivity contribution is 7.18. The molecule has 1 atom stereocenters. The molecule has 8 nitrogen and oxygen atoms in total. The number of pyridine rings is 1. The van der Waals surface area contributed by atoms with Crippen molar-refractivity contribution in [3.8, 4) is 16.5 Å². The van der Waals surface area contributed by atoms with E-state index < -0.39 is 5.60 Å². The predicted octanol–water partition coefficient (Wildman–Crippen LogP) is 6.19. The first kappa shape index (κ1) is 26.2. The van der Waals surface area contributed by atoms with Gasteiger partial charge in [0.2, 0.25) is 11.0 Å². The van der Waals surface area contributed by atoms with Crippen molar-refractivity contribution in [3.05, 3.63) is 59.3 Å². The van der Waals surface area contributed by atoms with E-state index in [-0.39, 0.29) is 18.2 Å². The third-order valence-corrected chi connectivity index (χ3v) is 7.26. The van der Waals surface area contributed by atoms with Crippen molar-refractivity contribution in [3.63, 3.8) is 0 Å². The number of hydrogen-bond acceptors (Lipinski definition) is 8. The summed E-state index contributed by atoms with van der Waals surface area (Å²) in [4.78, 5) is 19.0. The number of carbonyl (C=O) groups is 1. The third kappa shape index (κ3) is 6.15. The minimum absolute atomic E-state index is 0.0726. The van der Waals surface area contributed by atoms with Crippen molar-refractivity contribution in [2.75, 3.05) is 18.4 Å². The van der Waals surface area contributed by atoms with Gasteiger partial charge in [0.25, 0.3) is 0 Å². The number of fused-ring (bicyclic) bond motifs is 1. The zero-order valence-corrected chi connectivity index (χ0v) is 23.5. The van der Waals surface area contributed by atoms with E-state index in [9.17, 15) is 4.79 Å². The van der Waals surface area contributed by atoms with Crippen LogP contribution in [0.1, 0.15) is 64.3 Å². The number of piperidine rings is 1. The second kappa shape index (κ2) is 10.7. The molecule has 1 aromatic carbocycles. The van der Waals surface area contributed by atoms with E-state index in [0.29, 0.717) is 19.0 Å². The summed E-state index contributed by atoms with van der Waals surface area (Å²) in [5.74, 6) is 0.635. The van der Waals surface area contributed by atoms with Gasteiger partial charge in [0.05, 0.1) is 11.8 Å². The number of aromatic nitrogens is 3. The Morgan fingerprint density at radius 1 is 1.18 bits per heavy atom.